The van der Waals surface area contributed by atoms with Crippen LogP contribution in [0.5, 0.6) is 11.5 Å². The molecule has 1 saturated carbocycles. The number of esters is 2. The van der Waals surface area contributed by atoms with Crippen molar-refractivity contribution >= 4 is 18.0 Å². The number of carbonyl (C=O) groups is 2. The van der Waals surface area contributed by atoms with E-state index in [-0.39, 0.29) is 24.1 Å². The van der Waals surface area contributed by atoms with Gasteiger partial charge in [0.2, 0.25) is 0 Å². The molecule has 0 heterocycles. The number of nitrogens with zero attached hydrogens (tertiary/aromatic N) is 1. The van der Waals surface area contributed by atoms with Gasteiger partial charge in [0.05, 0.1) is 19.6 Å². The summed E-state index contributed by atoms with van der Waals surface area (Å²) in [6, 6.07) is 6.60. The SMILES string of the molecule is COC[C@H](C)OC(=O)/C(C#N)=C/c1ccc(OC(=O)C2CC2)c(OC)c1. The lowest BCUT2D eigenvalue weighted by atomic mass is 10.1. The Morgan fingerprint density at radius 2 is 2.04 bits per heavy atom. The van der Waals surface area contributed by atoms with Crippen LogP contribution in [0.25, 0.3) is 6.08 Å². The highest BCUT2D eigenvalue weighted by atomic mass is 16.6. The van der Waals surface area contributed by atoms with Gasteiger partial charge in [-0.2, -0.15) is 5.26 Å². The van der Waals surface area contributed by atoms with Crippen molar-refractivity contribution in [1.82, 2.24) is 0 Å². The highest BCUT2D eigenvalue weighted by Gasteiger charge is 2.32. The molecule has 0 saturated heterocycles. The molecular formula is C19H21NO6. The van der Waals surface area contributed by atoms with Crippen LogP contribution in [0, 0.1) is 17.2 Å². The largest absolute Gasteiger partial charge is 0.493 e. The van der Waals surface area contributed by atoms with E-state index in [2.05, 4.69) is 0 Å². The van der Waals surface area contributed by atoms with Gasteiger partial charge in [-0.3, -0.25) is 4.79 Å². The number of benzene rings is 1. The van der Waals surface area contributed by atoms with E-state index in [0.29, 0.717) is 17.1 Å². The summed E-state index contributed by atoms with van der Waals surface area (Å²) in [5, 5.41) is 9.22. The Bertz CT molecular complexity index is 745. The molecule has 1 aromatic carbocycles. The summed E-state index contributed by atoms with van der Waals surface area (Å²) in [7, 11) is 2.94. The van der Waals surface area contributed by atoms with Gasteiger partial charge >= 0.3 is 11.9 Å². The topological polar surface area (TPSA) is 94.9 Å². The predicted octanol–water partition coefficient (Wildman–Crippen LogP) is 2.50. The molecule has 0 aromatic heterocycles. The minimum Gasteiger partial charge on any atom is -0.493 e. The van der Waals surface area contributed by atoms with E-state index in [0.717, 1.165) is 12.8 Å². The first-order chi connectivity index (χ1) is 12.5. The first-order valence-electron chi connectivity index (χ1n) is 8.20. The minimum absolute atomic E-state index is 0.0340. The lowest BCUT2D eigenvalue weighted by Gasteiger charge is -2.12. The first kappa shape index (κ1) is 19.5. The van der Waals surface area contributed by atoms with Crippen LogP contribution in [-0.4, -0.2) is 38.9 Å². The third-order valence-corrected chi connectivity index (χ3v) is 3.67. The van der Waals surface area contributed by atoms with Gasteiger partial charge in [-0.05, 0) is 43.5 Å². The molecule has 0 radical (unpaired) electrons. The normalized spacial score (nSPS) is 14.9. The molecule has 1 atom stereocenters. The van der Waals surface area contributed by atoms with Crippen LogP contribution in [-0.2, 0) is 19.1 Å². The Labute approximate surface area is 152 Å². The summed E-state index contributed by atoms with van der Waals surface area (Å²) in [6.45, 7) is 1.90. The van der Waals surface area contributed by atoms with Gasteiger partial charge in [0, 0.05) is 7.11 Å². The molecule has 1 aromatic rings. The van der Waals surface area contributed by atoms with E-state index < -0.39 is 12.1 Å². The van der Waals surface area contributed by atoms with Gasteiger partial charge in [-0.1, -0.05) is 6.07 Å². The van der Waals surface area contributed by atoms with E-state index in [1.807, 2.05) is 6.07 Å². The van der Waals surface area contributed by atoms with Gasteiger partial charge in [-0.15, -0.1) is 0 Å². The van der Waals surface area contributed by atoms with E-state index in [9.17, 15) is 14.9 Å². The van der Waals surface area contributed by atoms with Crippen LogP contribution in [0.4, 0.5) is 0 Å². The molecule has 1 aliphatic rings. The molecule has 7 heteroatoms. The van der Waals surface area contributed by atoms with Gasteiger partial charge in [0.25, 0.3) is 0 Å². The van der Waals surface area contributed by atoms with E-state index >= 15 is 0 Å². The van der Waals surface area contributed by atoms with Gasteiger partial charge in [-0.25, -0.2) is 4.79 Å². The lowest BCUT2D eigenvalue weighted by molar-refractivity contribution is -0.145. The molecule has 0 spiro atoms. The highest BCUT2D eigenvalue weighted by molar-refractivity contribution is 5.98. The van der Waals surface area contributed by atoms with Crippen LogP contribution in [0.3, 0.4) is 0 Å². The molecule has 0 bridgehead atoms. The molecule has 0 unspecified atom stereocenters. The van der Waals surface area contributed by atoms with Crippen LogP contribution in [0.1, 0.15) is 25.3 Å². The molecule has 0 N–H and O–H groups in total. The number of carbonyl (C=O) groups excluding carboxylic acids is 2. The summed E-state index contributed by atoms with van der Waals surface area (Å²) < 4.78 is 20.6. The summed E-state index contributed by atoms with van der Waals surface area (Å²) in [6.07, 6.45) is 2.61. The van der Waals surface area contributed by atoms with Crippen LogP contribution in [0.15, 0.2) is 23.8 Å². The Morgan fingerprint density at radius 1 is 1.31 bits per heavy atom. The standard InChI is InChI=1S/C19H21NO6/c1-12(11-23-2)25-19(22)15(10-20)8-13-4-7-16(17(9-13)24-3)26-18(21)14-5-6-14/h4,7-9,12,14H,5-6,11H2,1-3H3/b15-8+/t12-/m0/s1. The van der Waals surface area contributed by atoms with Crippen molar-refractivity contribution < 1.29 is 28.5 Å². The second-order valence-electron chi connectivity index (χ2n) is 5.95. The number of hydrogen-bond acceptors (Lipinski definition) is 7. The Kier molecular flexibility index (Phi) is 6.75. The summed E-state index contributed by atoms with van der Waals surface area (Å²) >= 11 is 0. The van der Waals surface area contributed by atoms with E-state index in [1.165, 1.54) is 20.3 Å². The number of methoxy groups -OCH3 is 2. The monoisotopic (exact) mass is 359 g/mol. The maximum Gasteiger partial charge on any atom is 0.349 e. The maximum atomic E-state index is 12.0. The van der Waals surface area contributed by atoms with Crippen molar-refractivity contribution in [1.29, 1.82) is 5.26 Å². The Morgan fingerprint density at radius 3 is 2.62 bits per heavy atom. The molecule has 26 heavy (non-hydrogen) atoms. The fraction of sp³-hybridized carbons (Fsp3) is 0.421. The zero-order chi connectivity index (χ0) is 19.1. The highest BCUT2D eigenvalue weighted by Crippen LogP contribution is 2.34. The summed E-state index contributed by atoms with van der Waals surface area (Å²) in [5.41, 5.74) is 0.388. The van der Waals surface area contributed by atoms with Crippen LogP contribution in [0.2, 0.25) is 0 Å². The number of hydrogen-bond donors (Lipinski definition) is 0. The smallest absolute Gasteiger partial charge is 0.349 e. The lowest BCUT2D eigenvalue weighted by Crippen LogP contribution is -2.20. The van der Waals surface area contributed by atoms with Gasteiger partial charge in [0.1, 0.15) is 17.7 Å². The minimum atomic E-state index is -0.736. The quantitative estimate of drug-likeness (QED) is 0.304. The average Bonchev–Trinajstić information content (AvgIpc) is 3.45. The van der Waals surface area contributed by atoms with Crippen molar-refractivity contribution in [3.63, 3.8) is 0 Å². The van der Waals surface area contributed by atoms with E-state index in [4.69, 9.17) is 18.9 Å². The third kappa shape index (κ3) is 5.33. The molecule has 138 valence electrons. The second kappa shape index (κ2) is 9.02. The van der Waals surface area contributed by atoms with E-state index in [1.54, 1.807) is 25.1 Å². The van der Waals surface area contributed by atoms with Gasteiger partial charge in [0.15, 0.2) is 11.5 Å². The Hall–Kier alpha value is -2.85. The third-order valence-electron chi connectivity index (χ3n) is 3.67. The Balaban J connectivity index is 2.15. The van der Waals surface area contributed by atoms with Crippen molar-refractivity contribution in [3.8, 4) is 17.6 Å². The maximum absolute atomic E-state index is 12.0. The molecule has 7 nitrogen and oxygen atoms in total. The molecule has 0 amide bonds. The van der Waals surface area contributed by atoms with Crippen molar-refractivity contribution in [2.75, 3.05) is 20.8 Å². The number of nitriles is 1. The first-order valence-corrected chi connectivity index (χ1v) is 8.20. The average molecular weight is 359 g/mol. The number of rotatable bonds is 8. The van der Waals surface area contributed by atoms with Crippen LogP contribution >= 0.6 is 0 Å². The van der Waals surface area contributed by atoms with Crippen molar-refractivity contribution in [2.45, 2.75) is 25.9 Å². The molecule has 1 fully saturated rings. The number of ether oxygens (including phenoxy) is 4. The second-order valence-corrected chi connectivity index (χ2v) is 5.95. The van der Waals surface area contributed by atoms with Crippen molar-refractivity contribution in [2.24, 2.45) is 5.92 Å². The zero-order valence-corrected chi connectivity index (χ0v) is 15.0. The fourth-order valence-electron chi connectivity index (χ4n) is 2.19. The van der Waals surface area contributed by atoms with Crippen molar-refractivity contribution in [3.05, 3.63) is 29.3 Å². The van der Waals surface area contributed by atoms with Gasteiger partial charge < -0.3 is 18.9 Å². The molecule has 2 rings (SSSR count). The fourth-order valence-corrected chi connectivity index (χ4v) is 2.19. The zero-order valence-electron chi connectivity index (χ0n) is 15.0. The molecule has 0 aliphatic heterocycles. The molecular weight excluding hydrogens is 338 g/mol. The molecule has 1 aliphatic carbocycles. The predicted molar refractivity (Wildman–Crippen MR) is 92.4 cm³/mol. The summed E-state index contributed by atoms with van der Waals surface area (Å²) in [5.74, 6) is -0.406. The summed E-state index contributed by atoms with van der Waals surface area (Å²) in [4.78, 5) is 23.8. The van der Waals surface area contributed by atoms with Crippen LogP contribution < -0.4 is 9.47 Å².